The Morgan fingerprint density at radius 3 is 2.52 bits per heavy atom. The standard InChI is InChI=1S/C20H27BrN2O.ClH/c21-17-6-2-5-16(11-17)20(7-8-20)12-23-19(24)15-9-13-3-1-4-14(10-15)18(13)22;/h2,5-6,11,13-15,18H,1,3-4,7-10,12,22H2,(H,23,24);1H. The highest BCUT2D eigenvalue weighted by Crippen LogP contribution is 2.48. The molecule has 4 rings (SSSR count). The van der Waals surface area contributed by atoms with Gasteiger partial charge in [0.25, 0.3) is 0 Å². The van der Waals surface area contributed by atoms with Crippen molar-refractivity contribution in [2.45, 2.75) is 56.4 Å². The van der Waals surface area contributed by atoms with Gasteiger partial charge in [-0.2, -0.15) is 0 Å². The van der Waals surface area contributed by atoms with Crippen LogP contribution in [0.5, 0.6) is 0 Å². The Morgan fingerprint density at radius 1 is 1.24 bits per heavy atom. The van der Waals surface area contributed by atoms with E-state index >= 15 is 0 Å². The van der Waals surface area contributed by atoms with Crippen LogP contribution in [0.4, 0.5) is 0 Å². The molecule has 0 aromatic heterocycles. The molecule has 3 aliphatic carbocycles. The van der Waals surface area contributed by atoms with E-state index in [1.54, 1.807) is 0 Å². The molecule has 0 radical (unpaired) electrons. The predicted molar refractivity (Wildman–Crippen MR) is 107 cm³/mol. The minimum absolute atomic E-state index is 0. The second-order valence-electron chi connectivity index (χ2n) is 8.21. The molecule has 1 aromatic rings. The number of amides is 1. The van der Waals surface area contributed by atoms with Crippen molar-refractivity contribution >= 4 is 34.2 Å². The smallest absolute Gasteiger partial charge is 0.223 e. The number of hydrogen-bond acceptors (Lipinski definition) is 2. The molecule has 3 N–H and O–H groups in total. The van der Waals surface area contributed by atoms with Crippen LogP contribution in [0, 0.1) is 17.8 Å². The number of fused-ring (bicyclic) bond motifs is 2. The zero-order chi connectivity index (χ0) is 16.7. The van der Waals surface area contributed by atoms with Gasteiger partial charge in [-0.05, 0) is 68.1 Å². The third-order valence-electron chi connectivity index (χ3n) is 6.68. The van der Waals surface area contributed by atoms with Crippen LogP contribution in [-0.2, 0) is 10.2 Å². The van der Waals surface area contributed by atoms with Crippen molar-refractivity contribution < 1.29 is 4.79 Å². The molecule has 0 heterocycles. The van der Waals surface area contributed by atoms with Crippen LogP contribution in [0.2, 0.25) is 0 Å². The van der Waals surface area contributed by atoms with Gasteiger partial charge in [-0.15, -0.1) is 12.4 Å². The van der Waals surface area contributed by atoms with Gasteiger partial charge in [0.1, 0.15) is 0 Å². The Morgan fingerprint density at radius 2 is 1.92 bits per heavy atom. The van der Waals surface area contributed by atoms with E-state index in [1.165, 1.54) is 37.7 Å². The predicted octanol–water partition coefficient (Wildman–Crippen LogP) is 4.17. The number of carbonyl (C=O) groups excluding carboxylic acids is 1. The van der Waals surface area contributed by atoms with Crippen molar-refractivity contribution in [3.05, 3.63) is 34.3 Å². The molecular formula is C20H28BrClN2O. The van der Waals surface area contributed by atoms with Crippen molar-refractivity contribution in [1.29, 1.82) is 0 Å². The first-order chi connectivity index (χ1) is 11.6. The molecule has 5 heteroatoms. The maximum atomic E-state index is 12.7. The normalized spacial score (nSPS) is 32.4. The number of benzene rings is 1. The Labute approximate surface area is 165 Å². The quantitative estimate of drug-likeness (QED) is 0.757. The second kappa shape index (κ2) is 7.58. The molecule has 25 heavy (non-hydrogen) atoms. The molecule has 3 saturated carbocycles. The monoisotopic (exact) mass is 426 g/mol. The van der Waals surface area contributed by atoms with E-state index < -0.39 is 0 Å². The molecule has 3 fully saturated rings. The summed E-state index contributed by atoms with van der Waals surface area (Å²) >= 11 is 3.56. The lowest BCUT2D eigenvalue weighted by Crippen LogP contribution is -2.49. The van der Waals surface area contributed by atoms with Crippen LogP contribution in [0.15, 0.2) is 28.7 Å². The highest BCUT2D eigenvalue weighted by Gasteiger charge is 2.45. The number of hydrogen-bond donors (Lipinski definition) is 2. The van der Waals surface area contributed by atoms with Crippen LogP contribution >= 0.6 is 28.3 Å². The summed E-state index contributed by atoms with van der Waals surface area (Å²) in [5.41, 5.74) is 7.87. The van der Waals surface area contributed by atoms with Crippen LogP contribution in [-0.4, -0.2) is 18.5 Å². The summed E-state index contributed by atoms with van der Waals surface area (Å²) in [7, 11) is 0. The van der Waals surface area contributed by atoms with Crippen molar-refractivity contribution in [3.63, 3.8) is 0 Å². The minimum Gasteiger partial charge on any atom is -0.355 e. The van der Waals surface area contributed by atoms with Crippen LogP contribution in [0.25, 0.3) is 0 Å². The second-order valence-corrected chi connectivity index (χ2v) is 9.12. The van der Waals surface area contributed by atoms with E-state index in [1.807, 2.05) is 0 Å². The molecule has 138 valence electrons. The highest BCUT2D eigenvalue weighted by molar-refractivity contribution is 9.10. The number of nitrogens with one attached hydrogen (secondary N) is 1. The van der Waals surface area contributed by atoms with Crippen LogP contribution < -0.4 is 11.1 Å². The van der Waals surface area contributed by atoms with Gasteiger partial charge < -0.3 is 11.1 Å². The summed E-state index contributed by atoms with van der Waals surface area (Å²) in [4.78, 5) is 12.7. The Kier molecular flexibility index (Phi) is 5.81. The van der Waals surface area contributed by atoms with Gasteiger partial charge >= 0.3 is 0 Å². The van der Waals surface area contributed by atoms with Gasteiger partial charge in [0.05, 0.1) is 0 Å². The number of nitrogens with two attached hydrogens (primary N) is 1. The lowest BCUT2D eigenvalue weighted by molar-refractivity contribution is -0.128. The lowest BCUT2D eigenvalue weighted by Gasteiger charge is -2.43. The van der Waals surface area contributed by atoms with Crippen molar-refractivity contribution in [3.8, 4) is 0 Å². The molecule has 3 aliphatic rings. The molecule has 0 aliphatic heterocycles. The third-order valence-corrected chi connectivity index (χ3v) is 7.17. The van der Waals surface area contributed by atoms with E-state index in [2.05, 4.69) is 45.5 Å². The van der Waals surface area contributed by atoms with E-state index in [-0.39, 0.29) is 29.6 Å². The summed E-state index contributed by atoms with van der Waals surface area (Å²) in [5.74, 6) is 1.57. The molecular weight excluding hydrogens is 400 g/mol. The summed E-state index contributed by atoms with van der Waals surface area (Å²) in [6, 6.07) is 8.86. The Balaban J connectivity index is 0.00000182. The summed E-state index contributed by atoms with van der Waals surface area (Å²) in [6.45, 7) is 0.778. The van der Waals surface area contributed by atoms with Gasteiger partial charge in [0, 0.05) is 28.4 Å². The fourth-order valence-electron chi connectivity index (χ4n) is 4.94. The molecule has 2 bridgehead atoms. The van der Waals surface area contributed by atoms with E-state index in [0.29, 0.717) is 17.9 Å². The highest BCUT2D eigenvalue weighted by atomic mass is 79.9. The molecule has 1 amide bonds. The number of rotatable bonds is 4. The van der Waals surface area contributed by atoms with Gasteiger partial charge in [-0.1, -0.05) is 34.5 Å². The average molecular weight is 428 g/mol. The Hall–Kier alpha value is -0.580. The van der Waals surface area contributed by atoms with E-state index in [0.717, 1.165) is 23.9 Å². The number of halogens is 2. The molecule has 0 saturated heterocycles. The molecule has 0 spiro atoms. The molecule has 1 aromatic carbocycles. The first-order valence-electron chi connectivity index (χ1n) is 9.37. The maximum absolute atomic E-state index is 12.7. The fraction of sp³-hybridized carbons (Fsp3) is 0.650. The summed E-state index contributed by atoms with van der Waals surface area (Å²) < 4.78 is 1.12. The van der Waals surface area contributed by atoms with E-state index in [4.69, 9.17) is 5.73 Å². The van der Waals surface area contributed by atoms with Crippen molar-refractivity contribution in [2.75, 3.05) is 6.54 Å². The van der Waals surface area contributed by atoms with Gasteiger partial charge in [0.15, 0.2) is 0 Å². The summed E-state index contributed by atoms with van der Waals surface area (Å²) in [6.07, 6.45) is 8.05. The zero-order valence-corrected chi connectivity index (χ0v) is 16.9. The molecule has 2 unspecified atom stereocenters. The van der Waals surface area contributed by atoms with Crippen molar-refractivity contribution in [1.82, 2.24) is 5.32 Å². The molecule has 2 atom stereocenters. The average Bonchev–Trinajstić information content (AvgIpc) is 3.33. The first-order valence-corrected chi connectivity index (χ1v) is 10.2. The van der Waals surface area contributed by atoms with Crippen LogP contribution in [0.1, 0.15) is 50.5 Å². The van der Waals surface area contributed by atoms with Crippen LogP contribution in [0.3, 0.4) is 0 Å². The SMILES string of the molecule is Cl.NC1C2CCCC1CC(C(=O)NCC1(c3cccc(Br)c3)CC1)C2. The van der Waals surface area contributed by atoms with Gasteiger partial charge in [0.2, 0.25) is 5.91 Å². The topological polar surface area (TPSA) is 55.1 Å². The molecule has 3 nitrogen and oxygen atoms in total. The minimum atomic E-state index is 0. The van der Waals surface area contributed by atoms with Gasteiger partial charge in [-0.25, -0.2) is 0 Å². The van der Waals surface area contributed by atoms with Gasteiger partial charge in [-0.3, -0.25) is 4.79 Å². The first kappa shape index (κ1) is 19.2. The van der Waals surface area contributed by atoms with Crippen molar-refractivity contribution in [2.24, 2.45) is 23.5 Å². The maximum Gasteiger partial charge on any atom is 0.223 e. The van der Waals surface area contributed by atoms with E-state index in [9.17, 15) is 4.79 Å². The largest absolute Gasteiger partial charge is 0.355 e. The fourth-order valence-corrected chi connectivity index (χ4v) is 5.34. The summed E-state index contributed by atoms with van der Waals surface area (Å²) in [5, 5.41) is 3.28. The lowest BCUT2D eigenvalue weighted by atomic mass is 9.65. The zero-order valence-electron chi connectivity index (χ0n) is 14.5. The third kappa shape index (κ3) is 3.91. The Bertz CT molecular complexity index is 620. The number of carbonyl (C=O) groups is 1.